The van der Waals surface area contributed by atoms with Crippen molar-refractivity contribution in [3.05, 3.63) is 76.6 Å². The van der Waals surface area contributed by atoms with Gasteiger partial charge >= 0.3 is 0 Å². The van der Waals surface area contributed by atoms with E-state index in [9.17, 15) is 4.79 Å². The summed E-state index contributed by atoms with van der Waals surface area (Å²) < 4.78 is 1.63. The molecule has 0 radical (unpaired) electrons. The minimum absolute atomic E-state index is 0.262. The van der Waals surface area contributed by atoms with Crippen molar-refractivity contribution in [1.29, 1.82) is 0 Å². The van der Waals surface area contributed by atoms with Gasteiger partial charge in [-0.15, -0.1) is 5.10 Å². The van der Waals surface area contributed by atoms with Gasteiger partial charge < -0.3 is 5.32 Å². The molecule has 0 fully saturated rings. The van der Waals surface area contributed by atoms with E-state index in [1.807, 2.05) is 43.3 Å². The summed E-state index contributed by atoms with van der Waals surface area (Å²) in [4.78, 5) is 12.2. The average Bonchev–Trinajstić information content (AvgIpc) is 3.00. The van der Waals surface area contributed by atoms with Crippen LogP contribution in [-0.2, 0) is 6.54 Å². The van der Waals surface area contributed by atoms with Crippen LogP contribution in [0.1, 0.15) is 21.6 Å². The molecule has 0 saturated carbocycles. The van der Waals surface area contributed by atoms with Crippen molar-refractivity contribution in [2.24, 2.45) is 0 Å². The van der Waals surface area contributed by atoms with Crippen molar-refractivity contribution < 1.29 is 4.79 Å². The number of benzene rings is 2. The number of carbonyl (C=O) groups excluding carboxylic acids is 1. The third-order valence-electron chi connectivity index (χ3n) is 3.39. The van der Waals surface area contributed by atoms with E-state index >= 15 is 0 Å². The molecule has 0 atom stereocenters. The summed E-state index contributed by atoms with van der Waals surface area (Å²) in [5.41, 5.74) is 2.94. The van der Waals surface area contributed by atoms with Crippen LogP contribution in [0.5, 0.6) is 0 Å². The van der Waals surface area contributed by atoms with Crippen LogP contribution in [0.4, 0.5) is 5.69 Å². The highest BCUT2D eigenvalue weighted by Gasteiger charge is 2.11. The molecule has 3 aromatic rings. The third kappa shape index (κ3) is 3.76. The standard InChI is InChI=1S/C17H15ClN4O/c1-12-7-8-14(9-15(12)18)19-17(23)16-11-22(21-20-16)10-13-5-3-2-4-6-13/h2-9,11H,10H2,1H3,(H,19,23). The van der Waals surface area contributed by atoms with Crippen LogP contribution in [0.3, 0.4) is 0 Å². The van der Waals surface area contributed by atoms with Crippen molar-refractivity contribution >= 4 is 23.2 Å². The smallest absolute Gasteiger partial charge is 0.277 e. The molecule has 2 aromatic carbocycles. The second kappa shape index (κ2) is 6.62. The third-order valence-corrected chi connectivity index (χ3v) is 3.80. The van der Waals surface area contributed by atoms with Gasteiger partial charge in [0.1, 0.15) is 0 Å². The molecule has 0 bridgehead atoms. The van der Waals surface area contributed by atoms with Crippen LogP contribution < -0.4 is 5.32 Å². The maximum absolute atomic E-state index is 12.2. The zero-order valence-electron chi connectivity index (χ0n) is 12.5. The molecule has 1 amide bonds. The van der Waals surface area contributed by atoms with Gasteiger partial charge in [0.05, 0.1) is 12.7 Å². The molecule has 1 aromatic heterocycles. The Labute approximate surface area is 138 Å². The molecule has 0 aliphatic rings. The highest BCUT2D eigenvalue weighted by atomic mass is 35.5. The Bertz CT molecular complexity index is 830. The average molecular weight is 327 g/mol. The number of carbonyl (C=O) groups is 1. The summed E-state index contributed by atoms with van der Waals surface area (Å²) in [7, 11) is 0. The molecule has 116 valence electrons. The Balaban J connectivity index is 1.69. The van der Waals surface area contributed by atoms with E-state index in [4.69, 9.17) is 11.6 Å². The van der Waals surface area contributed by atoms with Gasteiger partial charge in [0, 0.05) is 10.7 Å². The molecule has 0 aliphatic carbocycles. The first-order valence-electron chi connectivity index (χ1n) is 7.13. The Hall–Kier alpha value is -2.66. The number of nitrogens with zero attached hydrogens (tertiary/aromatic N) is 3. The Morgan fingerprint density at radius 1 is 1.22 bits per heavy atom. The first-order valence-corrected chi connectivity index (χ1v) is 7.51. The lowest BCUT2D eigenvalue weighted by molar-refractivity contribution is 0.102. The molecule has 23 heavy (non-hydrogen) atoms. The molecule has 3 rings (SSSR count). The van der Waals surface area contributed by atoms with E-state index in [0.717, 1.165) is 11.1 Å². The molecule has 0 aliphatic heterocycles. The van der Waals surface area contributed by atoms with Gasteiger partial charge in [0.15, 0.2) is 5.69 Å². The van der Waals surface area contributed by atoms with Gasteiger partial charge in [0.25, 0.3) is 5.91 Å². The Morgan fingerprint density at radius 2 is 2.00 bits per heavy atom. The SMILES string of the molecule is Cc1ccc(NC(=O)c2cn(Cc3ccccc3)nn2)cc1Cl. The molecular weight excluding hydrogens is 312 g/mol. The van der Waals surface area contributed by atoms with Gasteiger partial charge in [-0.1, -0.05) is 53.2 Å². The fourth-order valence-corrected chi connectivity index (χ4v) is 2.30. The van der Waals surface area contributed by atoms with Crippen LogP contribution in [0.15, 0.2) is 54.7 Å². The van der Waals surface area contributed by atoms with E-state index in [2.05, 4.69) is 15.6 Å². The quantitative estimate of drug-likeness (QED) is 0.797. The summed E-state index contributed by atoms with van der Waals surface area (Å²) in [6, 6.07) is 15.2. The number of anilines is 1. The van der Waals surface area contributed by atoms with Gasteiger partial charge in [-0.05, 0) is 30.2 Å². The van der Waals surface area contributed by atoms with Crippen LogP contribution in [0.25, 0.3) is 0 Å². The lowest BCUT2D eigenvalue weighted by atomic mass is 10.2. The number of hydrogen-bond donors (Lipinski definition) is 1. The molecule has 0 saturated heterocycles. The largest absolute Gasteiger partial charge is 0.320 e. The lowest BCUT2D eigenvalue weighted by Gasteiger charge is -2.04. The zero-order valence-corrected chi connectivity index (χ0v) is 13.3. The highest BCUT2D eigenvalue weighted by molar-refractivity contribution is 6.31. The normalized spacial score (nSPS) is 10.5. The van der Waals surface area contributed by atoms with Gasteiger partial charge in [-0.25, -0.2) is 4.68 Å². The molecule has 5 nitrogen and oxygen atoms in total. The van der Waals surface area contributed by atoms with Crippen LogP contribution in [0, 0.1) is 6.92 Å². The minimum Gasteiger partial charge on any atom is -0.320 e. The van der Waals surface area contributed by atoms with E-state index < -0.39 is 0 Å². The first kappa shape index (κ1) is 15.2. The second-order valence-corrected chi connectivity index (χ2v) is 5.61. The van der Waals surface area contributed by atoms with Crippen molar-refractivity contribution in [3.63, 3.8) is 0 Å². The number of nitrogens with one attached hydrogen (secondary N) is 1. The van der Waals surface area contributed by atoms with E-state index in [1.54, 1.807) is 23.0 Å². The van der Waals surface area contributed by atoms with Gasteiger partial charge in [-0.3, -0.25) is 4.79 Å². The van der Waals surface area contributed by atoms with Crippen molar-refractivity contribution in [3.8, 4) is 0 Å². The number of halogens is 1. The fourth-order valence-electron chi connectivity index (χ4n) is 2.12. The first-order chi connectivity index (χ1) is 11.1. The molecular formula is C17H15ClN4O. The maximum atomic E-state index is 12.2. The molecule has 1 heterocycles. The second-order valence-electron chi connectivity index (χ2n) is 5.21. The Kier molecular flexibility index (Phi) is 4.39. The molecule has 0 spiro atoms. The topological polar surface area (TPSA) is 59.8 Å². The molecule has 1 N–H and O–H groups in total. The lowest BCUT2D eigenvalue weighted by Crippen LogP contribution is -2.12. The van der Waals surface area contributed by atoms with Crippen molar-refractivity contribution in [2.75, 3.05) is 5.32 Å². The fraction of sp³-hybridized carbons (Fsp3) is 0.118. The van der Waals surface area contributed by atoms with E-state index in [1.165, 1.54) is 0 Å². The predicted molar refractivity (Wildman–Crippen MR) is 89.7 cm³/mol. The number of amides is 1. The summed E-state index contributed by atoms with van der Waals surface area (Å²) in [6.07, 6.45) is 1.62. The molecule has 0 unspecified atom stereocenters. The minimum atomic E-state index is -0.316. The van der Waals surface area contributed by atoms with E-state index in [0.29, 0.717) is 17.3 Å². The van der Waals surface area contributed by atoms with Crippen LogP contribution in [0.2, 0.25) is 5.02 Å². The summed E-state index contributed by atoms with van der Waals surface area (Å²) in [6.45, 7) is 2.47. The Morgan fingerprint density at radius 3 is 2.74 bits per heavy atom. The predicted octanol–water partition coefficient (Wildman–Crippen LogP) is 3.54. The monoisotopic (exact) mass is 326 g/mol. The number of aryl methyl sites for hydroxylation is 1. The van der Waals surface area contributed by atoms with Crippen molar-refractivity contribution in [2.45, 2.75) is 13.5 Å². The maximum Gasteiger partial charge on any atom is 0.277 e. The highest BCUT2D eigenvalue weighted by Crippen LogP contribution is 2.20. The number of rotatable bonds is 4. The summed E-state index contributed by atoms with van der Waals surface area (Å²) in [5.74, 6) is -0.316. The zero-order chi connectivity index (χ0) is 16.2. The van der Waals surface area contributed by atoms with Crippen LogP contribution >= 0.6 is 11.6 Å². The summed E-state index contributed by atoms with van der Waals surface area (Å²) >= 11 is 6.05. The van der Waals surface area contributed by atoms with Gasteiger partial charge in [0.2, 0.25) is 0 Å². The summed E-state index contributed by atoms with van der Waals surface area (Å²) in [5, 5.41) is 11.3. The number of hydrogen-bond acceptors (Lipinski definition) is 3. The molecule has 6 heteroatoms. The number of aromatic nitrogens is 3. The van der Waals surface area contributed by atoms with Crippen LogP contribution in [-0.4, -0.2) is 20.9 Å². The van der Waals surface area contributed by atoms with E-state index in [-0.39, 0.29) is 11.6 Å². The van der Waals surface area contributed by atoms with Crippen molar-refractivity contribution in [1.82, 2.24) is 15.0 Å². The van der Waals surface area contributed by atoms with Gasteiger partial charge in [-0.2, -0.15) is 0 Å².